The molecule has 2 fully saturated rings. The first-order valence-electron chi connectivity index (χ1n) is 5.70. The third-order valence-electron chi connectivity index (χ3n) is 3.46. The first kappa shape index (κ1) is 11.7. The Kier molecular flexibility index (Phi) is 2.44. The lowest BCUT2D eigenvalue weighted by molar-refractivity contribution is 0.151. The number of aliphatic hydroxyl groups is 1. The van der Waals surface area contributed by atoms with Gasteiger partial charge in [0.25, 0.3) is 0 Å². The molecule has 1 aromatic carbocycles. The molecule has 1 N–H and O–H groups in total. The molecule has 0 radical (unpaired) electrons. The van der Waals surface area contributed by atoms with Gasteiger partial charge in [0.15, 0.2) is 9.84 Å². The van der Waals surface area contributed by atoms with Gasteiger partial charge in [0.05, 0.1) is 15.7 Å². The van der Waals surface area contributed by atoms with Gasteiger partial charge < -0.3 is 5.11 Å². The molecule has 2 aliphatic carbocycles. The SMILES string of the molecule is O=S(=O)(c1ccc(C2(O)CC2)cc1Br)C1CC1. The van der Waals surface area contributed by atoms with Gasteiger partial charge in [-0.25, -0.2) is 8.42 Å². The molecule has 0 unspecified atom stereocenters. The van der Waals surface area contributed by atoms with Crippen LogP contribution in [0.25, 0.3) is 0 Å². The van der Waals surface area contributed by atoms with E-state index in [0.29, 0.717) is 9.37 Å². The largest absolute Gasteiger partial charge is 0.385 e. The Morgan fingerprint density at radius 1 is 1.29 bits per heavy atom. The van der Waals surface area contributed by atoms with Crippen molar-refractivity contribution in [3.05, 3.63) is 28.2 Å². The molecular weight excluding hydrogens is 304 g/mol. The highest BCUT2D eigenvalue weighted by Gasteiger charge is 2.43. The molecule has 0 atom stereocenters. The number of sulfone groups is 1. The summed E-state index contributed by atoms with van der Waals surface area (Å²) in [4.78, 5) is 0.355. The van der Waals surface area contributed by atoms with Crippen LogP contribution in [-0.2, 0) is 15.4 Å². The lowest BCUT2D eigenvalue weighted by Gasteiger charge is -2.11. The Bertz CT molecular complexity index is 571. The van der Waals surface area contributed by atoms with E-state index in [1.807, 2.05) is 0 Å². The van der Waals surface area contributed by atoms with Crippen molar-refractivity contribution in [3.63, 3.8) is 0 Å². The van der Waals surface area contributed by atoms with E-state index >= 15 is 0 Å². The summed E-state index contributed by atoms with van der Waals surface area (Å²) >= 11 is 3.31. The van der Waals surface area contributed by atoms with Crippen LogP contribution in [0, 0.1) is 0 Å². The Hall–Kier alpha value is -0.390. The van der Waals surface area contributed by atoms with Crippen LogP contribution < -0.4 is 0 Å². The van der Waals surface area contributed by atoms with Crippen LogP contribution in [0.5, 0.6) is 0 Å². The van der Waals surface area contributed by atoms with Gasteiger partial charge in [-0.15, -0.1) is 0 Å². The molecule has 92 valence electrons. The van der Waals surface area contributed by atoms with E-state index in [1.165, 1.54) is 0 Å². The van der Waals surface area contributed by atoms with Crippen molar-refractivity contribution in [2.75, 3.05) is 0 Å². The van der Waals surface area contributed by atoms with Crippen molar-refractivity contribution in [1.82, 2.24) is 0 Å². The van der Waals surface area contributed by atoms with Crippen molar-refractivity contribution >= 4 is 25.8 Å². The highest BCUT2D eigenvalue weighted by atomic mass is 79.9. The highest BCUT2D eigenvalue weighted by Crippen LogP contribution is 2.47. The topological polar surface area (TPSA) is 54.4 Å². The van der Waals surface area contributed by atoms with Crippen LogP contribution in [0.3, 0.4) is 0 Å². The van der Waals surface area contributed by atoms with Gasteiger partial charge in [-0.1, -0.05) is 6.07 Å². The Morgan fingerprint density at radius 3 is 2.41 bits per heavy atom. The molecule has 5 heteroatoms. The summed E-state index contributed by atoms with van der Waals surface area (Å²) in [6, 6.07) is 5.08. The number of hydrogen-bond donors (Lipinski definition) is 1. The molecular formula is C12H13BrO3S. The second-order valence-electron chi connectivity index (χ2n) is 4.92. The molecule has 2 aliphatic rings. The summed E-state index contributed by atoms with van der Waals surface area (Å²) in [6.45, 7) is 0. The summed E-state index contributed by atoms with van der Waals surface area (Å²) in [5.41, 5.74) is 0.0869. The molecule has 0 spiro atoms. The van der Waals surface area contributed by atoms with Crippen LogP contribution >= 0.6 is 15.9 Å². The Labute approximate surface area is 109 Å². The first-order chi connectivity index (χ1) is 7.93. The lowest BCUT2D eigenvalue weighted by Crippen LogP contribution is -2.10. The molecule has 0 heterocycles. The van der Waals surface area contributed by atoms with Gasteiger partial charge in [-0.2, -0.15) is 0 Å². The zero-order chi connectivity index (χ0) is 12.3. The average molecular weight is 317 g/mol. The van der Waals surface area contributed by atoms with E-state index in [1.54, 1.807) is 18.2 Å². The minimum absolute atomic E-state index is 0.200. The van der Waals surface area contributed by atoms with E-state index < -0.39 is 15.4 Å². The van der Waals surface area contributed by atoms with E-state index in [4.69, 9.17) is 0 Å². The number of hydrogen-bond acceptors (Lipinski definition) is 3. The normalized spacial score (nSPS) is 22.5. The fourth-order valence-corrected chi connectivity index (χ4v) is 4.75. The van der Waals surface area contributed by atoms with Crippen molar-refractivity contribution in [2.45, 2.75) is 41.4 Å². The molecule has 17 heavy (non-hydrogen) atoms. The molecule has 0 aliphatic heterocycles. The molecule has 0 aromatic heterocycles. The zero-order valence-corrected chi connectivity index (χ0v) is 11.6. The van der Waals surface area contributed by atoms with Crippen LogP contribution in [-0.4, -0.2) is 18.8 Å². The number of halogens is 1. The predicted octanol–water partition coefficient (Wildman–Crippen LogP) is 2.37. The smallest absolute Gasteiger partial charge is 0.182 e. The van der Waals surface area contributed by atoms with E-state index in [2.05, 4.69) is 15.9 Å². The quantitative estimate of drug-likeness (QED) is 0.931. The molecule has 1 aromatic rings. The maximum absolute atomic E-state index is 12.1. The molecule has 0 amide bonds. The second-order valence-corrected chi connectivity index (χ2v) is 7.97. The van der Waals surface area contributed by atoms with Crippen LogP contribution in [0.2, 0.25) is 0 Å². The predicted molar refractivity (Wildman–Crippen MR) is 67.5 cm³/mol. The second kappa shape index (κ2) is 3.56. The van der Waals surface area contributed by atoms with Crippen LogP contribution in [0.15, 0.2) is 27.6 Å². The fraction of sp³-hybridized carbons (Fsp3) is 0.500. The fourth-order valence-electron chi connectivity index (χ4n) is 1.99. The van der Waals surface area contributed by atoms with Crippen molar-refractivity contribution in [3.8, 4) is 0 Å². The van der Waals surface area contributed by atoms with Gasteiger partial charge in [-0.05, 0) is 59.3 Å². The summed E-state index contributed by atoms with van der Waals surface area (Å²) in [6.07, 6.45) is 3.04. The molecule has 2 saturated carbocycles. The Balaban J connectivity index is 2.02. The summed E-state index contributed by atoms with van der Waals surface area (Å²) in [7, 11) is -3.17. The third kappa shape index (κ3) is 1.94. The minimum Gasteiger partial charge on any atom is -0.385 e. The van der Waals surface area contributed by atoms with Gasteiger partial charge >= 0.3 is 0 Å². The first-order valence-corrected chi connectivity index (χ1v) is 8.04. The summed E-state index contributed by atoms with van der Waals surface area (Å²) in [5.74, 6) is 0. The maximum Gasteiger partial charge on any atom is 0.182 e. The van der Waals surface area contributed by atoms with Gasteiger partial charge in [0, 0.05) is 4.47 Å². The van der Waals surface area contributed by atoms with Gasteiger partial charge in [0.1, 0.15) is 0 Å². The number of benzene rings is 1. The van der Waals surface area contributed by atoms with Crippen LogP contribution in [0.4, 0.5) is 0 Å². The molecule has 0 bridgehead atoms. The van der Waals surface area contributed by atoms with Crippen molar-refractivity contribution in [1.29, 1.82) is 0 Å². The van der Waals surface area contributed by atoms with Gasteiger partial charge in [0.2, 0.25) is 0 Å². The highest BCUT2D eigenvalue weighted by molar-refractivity contribution is 9.10. The van der Waals surface area contributed by atoms with Crippen molar-refractivity contribution in [2.24, 2.45) is 0 Å². The average Bonchev–Trinajstić information content (AvgIpc) is 3.11. The van der Waals surface area contributed by atoms with E-state index in [-0.39, 0.29) is 5.25 Å². The molecule has 0 saturated heterocycles. The lowest BCUT2D eigenvalue weighted by atomic mass is 10.1. The maximum atomic E-state index is 12.1. The summed E-state index contributed by atoms with van der Waals surface area (Å²) in [5, 5.41) is 9.77. The van der Waals surface area contributed by atoms with Crippen LogP contribution in [0.1, 0.15) is 31.2 Å². The Morgan fingerprint density at radius 2 is 1.94 bits per heavy atom. The minimum atomic E-state index is -3.17. The van der Waals surface area contributed by atoms with E-state index in [9.17, 15) is 13.5 Å². The molecule has 3 rings (SSSR count). The monoisotopic (exact) mass is 316 g/mol. The zero-order valence-electron chi connectivity index (χ0n) is 9.19. The summed E-state index contributed by atoms with van der Waals surface area (Å²) < 4.78 is 24.8. The van der Waals surface area contributed by atoms with E-state index in [0.717, 1.165) is 31.2 Å². The van der Waals surface area contributed by atoms with Crippen molar-refractivity contribution < 1.29 is 13.5 Å². The number of rotatable bonds is 3. The standard InChI is InChI=1S/C12H13BrO3S/c13-10-7-8(12(14)5-6-12)1-4-11(10)17(15,16)9-2-3-9/h1,4,7,9,14H,2-3,5-6H2. The third-order valence-corrected chi connectivity index (χ3v) is 6.70. The van der Waals surface area contributed by atoms with Gasteiger partial charge in [-0.3, -0.25) is 0 Å². The molecule has 3 nitrogen and oxygen atoms in total.